The number of ether oxygens (including phenoxy) is 1. The fraction of sp³-hybridized carbons (Fsp3) is 0.312. The molecule has 0 radical (unpaired) electrons. The summed E-state index contributed by atoms with van der Waals surface area (Å²) in [5, 5.41) is 0. The van der Waals surface area contributed by atoms with Crippen molar-refractivity contribution in [3.05, 3.63) is 47.2 Å². The van der Waals surface area contributed by atoms with Gasteiger partial charge in [0.25, 0.3) is 0 Å². The molecule has 1 aromatic carbocycles. The van der Waals surface area contributed by atoms with Gasteiger partial charge in [0.1, 0.15) is 5.75 Å². The summed E-state index contributed by atoms with van der Waals surface area (Å²) in [5.74, 6) is 1.93. The van der Waals surface area contributed by atoms with E-state index in [1.165, 1.54) is 11.1 Å². The second-order valence-electron chi connectivity index (χ2n) is 5.17. The highest BCUT2D eigenvalue weighted by Gasteiger charge is 2.07. The third-order valence-corrected chi connectivity index (χ3v) is 3.13. The van der Waals surface area contributed by atoms with Crippen molar-refractivity contribution in [2.75, 3.05) is 5.73 Å². The Morgan fingerprint density at radius 2 is 1.84 bits per heavy atom. The number of aromatic nitrogens is 1. The van der Waals surface area contributed by atoms with Crippen LogP contribution in [0.4, 0.5) is 5.69 Å². The maximum Gasteiger partial charge on any atom is 0.222 e. The van der Waals surface area contributed by atoms with Crippen molar-refractivity contribution in [2.24, 2.45) is 0 Å². The summed E-state index contributed by atoms with van der Waals surface area (Å²) < 4.78 is 5.81. The Morgan fingerprint density at radius 1 is 1.11 bits per heavy atom. The largest absolute Gasteiger partial charge is 0.439 e. The zero-order valence-corrected chi connectivity index (χ0v) is 11.9. The average molecular weight is 256 g/mol. The molecule has 2 rings (SSSR count). The van der Waals surface area contributed by atoms with Gasteiger partial charge < -0.3 is 10.5 Å². The van der Waals surface area contributed by atoms with Crippen LogP contribution in [0.3, 0.4) is 0 Å². The summed E-state index contributed by atoms with van der Waals surface area (Å²) in [6, 6.07) is 8.01. The van der Waals surface area contributed by atoms with Crippen LogP contribution in [0.25, 0.3) is 0 Å². The number of nitrogens with two attached hydrogens (primary N) is 1. The van der Waals surface area contributed by atoms with Gasteiger partial charge in [-0.05, 0) is 49.1 Å². The van der Waals surface area contributed by atoms with Crippen molar-refractivity contribution >= 4 is 5.69 Å². The first-order valence-electron chi connectivity index (χ1n) is 6.48. The van der Waals surface area contributed by atoms with Gasteiger partial charge in [-0.15, -0.1) is 0 Å². The molecule has 0 aliphatic carbocycles. The van der Waals surface area contributed by atoms with E-state index in [1.807, 2.05) is 25.1 Å². The van der Waals surface area contributed by atoms with E-state index in [1.54, 1.807) is 6.20 Å². The van der Waals surface area contributed by atoms with Crippen LogP contribution in [0, 0.1) is 13.8 Å². The molecule has 1 heterocycles. The van der Waals surface area contributed by atoms with Crippen molar-refractivity contribution in [3.63, 3.8) is 0 Å². The molecule has 0 bridgehead atoms. The number of aryl methyl sites for hydroxylation is 2. The van der Waals surface area contributed by atoms with Gasteiger partial charge in [-0.25, -0.2) is 4.98 Å². The van der Waals surface area contributed by atoms with Gasteiger partial charge in [0.2, 0.25) is 5.88 Å². The molecule has 19 heavy (non-hydrogen) atoms. The van der Waals surface area contributed by atoms with E-state index in [2.05, 4.69) is 31.8 Å². The van der Waals surface area contributed by atoms with Gasteiger partial charge in [-0.2, -0.15) is 0 Å². The minimum absolute atomic E-state index is 0.519. The first-order valence-corrected chi connectivity index (χ1v) is 6.48. The molecule has 2 N–H and O–H groups in total. The second-order valence-corrected chi connectivity index (χ2v) is 5.17. The molecule has 0 saturated carbocycles. The summed E-state index contributed by atoms with van der Waals surface area (Å²) in [6.45, 7) is 8.42. The number of hydrogen-bond acceptors (Lipinski definition) is 3. The van der Waals surface area contributed by atoms with Crippen LogP contribution in [0.5, 0.6) is 11.6 Å². The van der Waals surface area contributed by atoms with Crippen LogP contribution in [0.2, 0.25) is 0 Å². The number of rotatable bonds is 3. The molecule has 3 heteroatoms. The predicted molar refractivity (Wildman–Crippen MR) is 78.7 cm³/mol. The third kappa shape index (κ3) is 3.05. The molecule has 0 aliphatic rings. The molecule has 0 aliphatic heterocycles. The van der Waals surface area contributed by atoms with Crippen molar-refractivity contribution in [2.45, 2.75) is 33.6 Å². The van der Waals surface area contributed by atoms with Crippen LogP contribution in [0.15, 0.2) is 30.5 Å². The monoisotopic (exact) mass is 256 g/mol. The topological polar surface area (TPSA) is 48.1 Å². The molecule has 0 unspecified atom stereocenters. The van der Waals surface area contributed by atoms with Crippen molar-refractivity contribution < 1.29 is 4.74 Å². The first kappa shape index (κ1) is 13.4. The summed E-state index contributed by atoms with van der Waals surface area (Å²) in [6.07, 6.45) is 1.61. The first-order chi connectivity index (χ1) is 8.97. The number of benzene rings is 1. The molecular weight excluding hydrogens is 236 g/mol. The zero-order valence-electron chi connectivity index (χ0n) is 11.9. The summed E-state index contributed by atoms with van der Waals surface area (Å²) in [5.41, 5.74) is 9.84. The van der Waals surface area contributed by atoms with Gasteiger partial charge in [-0.1, -0.05) is 19.9 Å². The van der Waals surface area contributed by atoms with Crippen LogP contribution >= 0.6 is 0 Å². The quantitative estimate of drug-likeness (QED) is 0.895. The van der Waals surface area contributed by atoms with Crippen LogP contribution in [0.1, 0.15) is 36.5 Å². The lowest BCUT2D eigenvalue weighted by molar-refractivity contribution is 0.458. The van der Waals surface area contributed by atoms with Gasteiger partial charge >= 0.3 is 0 Å². The van der Waals surface area contributed by atoms with Gasteiger partial charge in [0, 0.05) is 5.56 Å². The van der Waals surface area contributed by atoms with Crippen molar-refractivity contribution in [1.82, 2.24) is 4.98 Å². The standard InChI is InChI=1S/C16H20N2O/c1-10(2)15-6-5-14(8-11(15)3)19-16-12(4)7-13(17)9-18-16/h5-10H,17H2,1-4H3. The molecule has 100 valence electrons. The minimum atomic E-state index is 0.519. The number of pyridine rings is 1. The number of anilines is 1. The minimum Gasteiger partial charge on any atom is -0.439 e. The highest BCUT2D eigenvalue weighted by molar-refractivity contribution is 5.44. The van der Waals surface area contributed by atoms with Crippen LogP contribution < -0.4 is 10.5 Å². The van der Waals surface area contributed by atoms with Gasteiger partial charge in [-0.3, -0.25) is 0 Å². The van der Waals surface area contributed by atoms with Crippen molar-refractivity contribution in [3.8, 4) is 11.6 Å². The lowest BCUT2D eigenvalue weighted by atomic mass is 9.98. The van der Waals surface area contributed by atoms with E-state index >= 15 is 0 Å². The Labute approximate surface area is 114 Å². The molecule has 0 amide bonds. The predicted octanol–water partition coefficient (Wildman–Crippen LogP) is 4.20. The van der Waals surface area contributed by atoms with E-state index in [0.29, 0.717) is 17.5 Å². The van der Waals surface area contributed by atoms with E-state index in [-0.39, 0.29) is 0 Å². The Balaban J connectivity index is 2.26. The van der Waals surface area contributed by atoms with E-state index in [0.717, 1.165) is 11.3 Å². The SMILES string of the molecule is Cc1cc(Oc2ncc(N)cc2C)ccc1C(C)C. The highest BCUT2D eigenvalue weighted by Crippen LogP contribution is 2.28. The second kappa shape index (κ2) is 5.31. The third-order valence-electron chi connectivity index (χ3n) is 3.13. The number of nitrogen functional groups attached to an aromatic ring is 1. The average Bonchev–Trinajstić information content (AvgIpc) is 2.32. The zero-order chi connectivity index (χ0) is 14.0. The molecular formula is C16H20N2O. The number of hydrogen-bond donors (Lipinski definition) is 1. The Morgan fingerprint density at radius 3 is 2.42 bits per heavy atom. The smallest absolute Gasteiger partial charge is 0.222 e. The van der Waals surface area contributed by atoms with E-state index < -0.39 is 0 Å². The molecule has 0 saturated heterocycles. The fourth-order valence-electron chi connectivity index (χ4n) is 2.16. The maximum atomic E-state index is 5.81. The molecule has 2 aromatic rings. The summed E-state index contributed by atoms with van der Waals surface area (Å²) in [4.78, 5) is 4.21. The fourth-order valence-corrected chi connectivity index (χ4v) is 2.16. The summed E-state index contributed by atoms with van der Waals surface area (Å²) in [7, 11) is 0. The van der Waals surface area contributed by atoms with Gasteiger partial charge in [0.15, 0.2) is 0 Å². The lowest BCUT2D eigenvalue weighted by Crippen LogP contribution is -1.96. The van der Waals surface area contributed by atoms with Crippen LogP contribution in [-0.4, -0.2) is 4.98 Å². The van der Waals surface area contributed by atoms with Crippen molar-refractivity contribution in [1.29, 1.82) is 0 Å². The van der Waals surface area contributed by atoms with Crippen LogP contribution in [-0.2, 0) is 0 Å². The van der Waals surface area contributed by atoms with E-state index in [9.17, 15) is 0 Å². The highest BCUT2D eigenvalue weighted by atomic mass is 16.5. The number of nitrogens with zero attached hydrogens (tertiary/aromatic N) is 1. The Kier molecular flexibility index (Phi) is 3.74. The molecule has 0 spiro atoms. The van der Waals surface area contributed by atoms with E-state index in [4.69, 9.17) is 10.5 Å². The lowest BCUT2D eigenvalue weighted by Gasteiger charge is -2.12. The Bertz CT molecular complexity index is 591. The summed E-state index contributed by atoms with van der Waals surface area (Å²) >= 11 is 0. The molecule has 0 atom stereocenters. The molecule has 1 aromatic heterocycles. The molecule has 0 fully saturated rings. The maximum absolute atomic E-state index is 5.81. The Hall–Kier alpha value is -2.03. The molecule has 3 nitrogen and oxygen atoms in total. The normalized spacial score (nSPS) is 10.8. The van der Waals surface area contributed by atoms with Gasteiger partial charge in [0.05, 0.1) is 11.9 Å².